The molecule has 0 aromatic rings. The van der Waals surface area contributed by atoms with E-state index in [0.717, 1.165) is 6.42 Å². The van der Waals surface area contributed by atoms with Gasteiger partial charge in [-0.2, -0.15) is 6.08 Å². The third kappa shape index (κ3) is 31.7. The van der Waals surface area contributed by atoms with Gasteiger partial charge in [0, 0.05) is 0 Å². The van der Waals surface area contributed by atoms with Gasteiger partial charge >= 0.3 is 25.8 Å². The molecule has 140 valence electrons. The third-order valence-electron chi connectivity index (χ3n) is 2.47. The molecule has 0 radical (unpaired) electrons. The molecule has 0 aliphatic heterocycles. The molecule has 0 heterocycles. The Kier molecular flexibility index (Phi) is 33.0. The summed E-state index contributed by atoms with van der Waals surface area (Å²) in [6.07, 6.45) is 15.3. The molecule has 25 heavy (non-hydrogen) atoms. The van der Waals surface area contributed by atoms with Gasteiger partial charge in [-0.15, -0.1) is 46.0 Å². The Morgan fingerprint density at radius 1 is 0.920 bits per heavy atom. The molecular weight excluding hydrogens is 479 g/mol. The van der Waals surface area contributed by atoms with Gasteiger partial charge in [-0.25, -0.2) is 11.6 Å². The zero-order chi connectivity index (χ0) is 19.3. The second kappa shape index (κ2) is 25.7. The predicted octanol–water partition coefficient (Wildman–Crippen LogP) is 2.49. The van der Waals surface area contributed by atoms with Crippen molar-refractivity contribution in [1.29, 1.82) is 0 Å². The molecule has 0 aromatic heterocycles. The summed E-state index contributed by atoms with van der Waals surface area (Å²) in [4.78, 5) is 0. The Morgan fingerprint density at radius 3 is 1.36 bits per heavy atom. The van der Waals surface area contributed by atoms with E-state index in [-0.39, 0.29) is 45.7 Å². The SMILES string of the molecule is C=CCC[O-].C=CCC[O-].C=CCC[O-].CC(C)(C)C1=[C-]CC=C1.[Hf+4]. The van der Waals surface area contributed by atoms with Gasteiger partial charge in [0.25, 0.3) is 0 Å². The molecule has 3 nitrogen and oxygen atoms in total. The molecule has 0 atom stereocenters. The normalized spacial score (nSPS) is 11.0. The van der Waals surface area contributed by atoms with Crippen LogP contribution in [-0.2, 0) is 25.8 Å². The maximum atomic E-state index is 9.46. The molecule has 0 saturated heterocycles. The fourth-order valence-corrected chi connectivity index (χ4v) is 1.17. The van der Waals surface area contributed by atoms with Gasteiger partial charge in [-0.3, -0.25) is 6.08 Å². The van der Waals surface area contributed by atoms with Crippen LogP contribution in [-0.4, -0.2) is 19.8 Å². The third-order valence-corrected chi connectivity index (χ3v) is 2.47. The predicted molar refractivity (Wildman–Crippen MR) is 99.0 cm³/mol. The van der Waals surface area contributed by atoms with Crippen LogP contribution in [0, 0.1) is 11.5 Å². The number of hydrogen-bond donors (Lipinski definition) is 0. The second-order valence-electron chi connectivity index (χ2n) is 5.79. The van der Waals surface area contributed by atoms with Crippen molar-refractivity contribution < 1.29 is 41.2 Å². The minimum atomic E-state index is -0.0243. The summed E-state index contributed by atoms with van der Waals surface area (Å²) in [7, 11) is 0. The van der Waals surface area contributed by atoms with Crippen LogP contribution in [0.2, 0.25) is 0 Å². The Morgan fingerprint density at radius 2 is 1.28 bits per heavy atom. The smallest absolute Gasteiger partial charge is 0.854 e. The van der Waals surface area contributed by atoms with Crippen molar-refractivity contribution in [3.8, 4) is 0 Å². The van der Waals surface area contributed by atoms with E-state index in [1.54, 1.807) is 18.2 Å². The molecule has 0 amide bonds. The number of rotatable bonds is 6. The molecule has 1 aliphatic rings. The standard InChI is InChI=1S/C9H13.3C4H7O.Hf/c1-9(2,3)8-6-4-5-7-8;3*1-2-3-4-5;/h4,6H,5H2,1-3H3;3*2H,1,3-4H2;/q4*-1;+4. The Hall–Kier alpha value is -0.550. The first-order valence-corrected chi connectivity index (χ1v) is 8.20. The summed E-state index contributed by atoms with van der Waals surface area (Å²) < 4.78 is 0. The molecule has 0 aromatic carbocycles. The van der Waals surface area contributed by atoms with Crippen LogP contribution in [0.4, 0.5) is 0 Å². The Bertz CT molecular complexity index is 329. The maximum absolute atomic E-state index is 9.46. The number of allylic oxidation sites excluding steroid dienone is 4. The molecule has 0 saturated carbocycles. The zero-order valence-corrected chi connectivity index (χ0v) is 19.8. The van der Waals surface area contributed by atoms with Crippen LogP contribution in [0.15, 0.2) is 55.7 Å². The van der Waals surface area contributed by atoms with Crippen LogP contribution in [0.1, 0.15) is 46.5 Å². The van der Waals surface area contributed by atoms with Crippen molar-refractivity contribution in [2.75, 3.05) is 19.8 Å². The van der Waals surface area contributed by atoms with Gasteiger partial charge < -0.3 is 15.3 Å². The van der Waals surface area contributed by atoms with Crippen molar-refractivity contribution in [3.63, 3.8) is 0 Å². The minimum absolute atomic E-state index is 0. The first kappa shape index (κ1) is 32.1. The Labute approximate surface area is 174 Å². The molecule has 1 aliphatic carbocycles. The summed E-state index contributed by atoms with van der Waals surface area (Å²) in [5.41, 5.74) is 1.65. The van der Waals surface area contributed by atoms with Gasteiger partial charge in [0.2, 0.25) is 0 Å². The van der Waals surface area contributed by atoms with E-state index in [9.17, 15) is 15.3 Å². The van der Waals surface area contributed by atoms with Crippen molar-refractivity contribution in [1.82, 2.24) is 0 Å². The molecule has 0 unspecified atom stereocenters. The van der Waals surface area contributed by atoms with Crippen LogP contribution >= 0.6 is 0 Å². The van der Waals surface area contributed by atoms with Gasteiger partial charge in [-0.05, 0) is 5.41 Å². The van der Waals surface area contributed by atoms with E-state index in [4.69, 9.17) is 0 Å². The second-order valence-corrected chi connectivity index (χ2v) is 5.79. The van der Waals surface area contributed by atoms with Gasteiger partial charge in [-0.1, -0.05) is 58.3 Å². The molecular formula is C21H34HfO3. The van der Waals surface area contributed by atoms with Crippen molar-refractivity contribution in [3.05, 3.63) is 61.8 Å². The van der Waals surface area contributed by atoms with Crippen molar-refractivity contribution in [2.45, 2.75) is 46.5 Å². The van der Waals surface area contributed by atoms with Crippen LogP contribution in [0.3, 0.4) is 0 Å². The van der Waals surface area contributed by atoms with E-state index in [1.165, 1.54) is 5.57 Å². The summed E-state index contributed by atoms with van der Waals surface area (Å²) in [6.45, 7) is 16.6. The molecule has 1 rings (SSSR count). The monoisotopic (exact) mass is 514 g/mol. The zero-order valence-electron chi connectivity index (χ0n) is 16.2. The van der Waals surface area contributed by atoms with Crippen LogP contribution < -0.4 is 15.3 Å². The molecule has 0 spiro atoms. The summed E-state index contributed by atoms with van der Waals surface area (Å²) in [6, 6.07) is 0. The summed E-state index contributed by atoms with van der Waals surface area (Å²) in [5, 5.41) is 28.4. The molecule has 0 fully saturated rings. The average Bonchev–Trinajstić information content (AvgIpc) is 3.06. The molecule has 4 heteroatoms. The van der Waals surface area contributed by atoms with Crippen molar-refractivity contribution >= 4 is 0 Å². The van der Waals surface area contributed by atoms with E-state index in [2.05, 4.69) is 58.7 Å². The Balaban J connectivity index is -0.000000122. The van der Waals surface area contributed by atoms with E-state index >= 15 is 0 Å². The fourth-order valence-electron chi connectivity index (χ4n) is 1.17. The van der Waals surface area contributed by atoms with Gasteiger partial charge in [0.05, 0.1) is 0 Å². The fraction of sp³-hybridized carbons (Fsp3) is 0.524. The maximum Gasteiger partial charge on any atom is 4.00 e. The number of hydrogen-bond acceptors (Lipinski definition) is 3. The van der Waals surface area contributed by atoms with E-state index in [0.29, 0.717) is 24.7 Å². The van der Waals surface area contributed by atoms with Crippen molar-refractivity contribution in [2.24, 2.45) is 5.41 Å². The van der Waals surface area contributed by atoms with E-state index in [1.807, 2.05) is 0 Å². The topological polar surface area (TPSA) is 69.2 Å². The summed E-state index contributed by atoms with van der Waals surface area (Å²) in [5.74, 6) is 0. The first-order chi connectivity index (χ1) is 11.3. The largest absolute Gasteiger partial charge is 4.00 e. The quantitative estimate of drug-likeness (QED) is 0.312. The van der Waals surface area contributed by atoms with Crippen LogP contribution in [0.25, 0.3) is 0 Å². The van der Waals surface area contributed by atoms with E-state index < -0.39 is 0 Å². The first-order valence-electron chi connectivity index (χ1n) is 8.20. The van der Waals surface area contributed by atoms with Gasteiger partial charge in [0.1, 0.15) is 0 Å². The van der Waals surface area contributed by atoms with Crippen LogP contribution in [0.5, 0.6) is 0 Å². The molecule has 0 bridgehead atoms. The average molecular weight is 513 g/mol. The summed E-state index contributed by atoms with van der Waals surface area (Å²) >= 11 is 0. The van der Waals surface area contributed by atoms with Gasteiger partial charge in [0.15, 0.2) is 0 Å². The minimum Gasteiger partial charge on any atom is -0.854 e. The molecule has 0 N–H and O–H groups in total.